The molecule has 4 heteroatoms. The van der Waals surface area contributed by atoms with Gasteiger partial charge in [-0.15, -0.1) is 0 Å². The number of hydrogen-bond acceptors (Lipinski definition) is 3. The van der Waals surface area contributed by atoms with Gasteiger partial charge in [0.25, 0.3) is 0 Å². The largest absolute Gasteiger partial charge is 0.340 e. The van der Waals surface area contributed by atoms with E-state index in [1.165, 1.54) is 73.8 Å². The standard InChI is InChI=1S/C32H43N3O/c1-23(2)25-10-12-28(13-11-25)34-17-15-29(16-18-34)35-30(20-27-19-24(3)9-14-31(27)35)21-33-22-32(36)26-7-5-4-6-8-26/h4-9,14,19-20,23,25,28-29,33H,10-13,15-18,21-22H2,1-3H3. The van der Waals surface area contributed by atoms with Crippen LogP contribution in [-0.4, -0.2) is 40.9 Å². The molecule has 2 fully saturated rings. The molecule has 0 atom stereocenters. The Morgan fingerprint density at radius 1 is 0.917 bits per heavy atom. The molecule has 0 bridgehead atoms. The van der Waals surface area contributed by atoms with E-state index in [1.54, 1.807) is 0 Å². The van der Waals surface area contributed by atoms with E-state index in [0.29, 0.717) is 19.1 Å². The third kappa shape index (κ3) is 5.60. The molecule has 3 aromatic rings. The van der Waals surface area contributed by atoms with Crippen LogP contribution in [0.25, 0.3) is 10.9 Å². The van der Waals surface area contributed by atoms with Crippen molar-refractivity contribution >= 4 is 16.7 Å². The second kappa shape index (κ2) is 11.3. The number of rotatable bonds is 8. The van der Waals surface area contributed by atoms with Crippen molar-refractivity contribution in [1.29, 1.82) is 0 Å². The molecule has 4 nitrogen and oxygen atoms in total. The molecule has 36 heavy (non-hydrogen) atoms. The van der Waals surface area contributed by atoms with E-state index in [4.69, 9.17) is 0 Å². The van der Waals surface area contributed by atoms with Crippen molar-refractivity contribution in [3.63, 3.8) is 0 Å². The van der Waals surface area contributed by atoms with Gasteiger partial charge in [-0.25, -0.2) is 0 Å². The average Bonchev–Trinajstić information content (AvgIpc) is 3.26. The number of aryl methyl sites for hydroxylation is 1. The highest BCUT2D eigenvalue weighted by molar-refractivity contribution is 5.97. The molecule has 1 N–H and O–H groups in total. The average molecular weight is 486 g/mol. The van der Waals surface area contributed by atoms with Crippen molar-refractivity contribution in [2.24, 2.45) is 11.8 Å². The van der Waals surface area contributed by atoms with E-state index < -0.39 is 0 Å². The number of Topliss-reactive ketones (excluding diaryl/α,β-unsaturated/α-hetero) is 1. The van der Waals surface area contributed by atoms with Gasteiger partial charge in [0, 0.05) is 53.9 Å². The molecule has 192 valence electrons. The summed E-state index contributed by atoms with van der Waals surface area (Å²) in [5, 5.41) is 4.76. The van der Waals surface area contributed by atoms with Crippen LogP contribution in [0.3, 0.4) is 0 Å². The van der Waals surface area contributed by atoms with Crippen molar-refractivity contribution < 1.29 is 4.79 Å². The fourth-order valence-corrected chi connectivity index (χ4v) is 6.65. The minimum atomic E-state index is 0.148. The number of nitrogens with zero attached hydrogens (tertiary/aromatic N) is 2. The molecule has 1 saturated carbocycles. The fraction of sp³-hybridized carbons (Fsp3) is 0.531. The van der Waals surface area contributed by atoms with Crippen LogP contribution in [0.5, 0.6) is 0 Å². The van der Waals surface area contributed by atoms with Crippen LogP contribution in [0.1, 0.15) is 80.0 Å². The lowest BCUT2D eigenvalue weighted by Crippen LogP contribution is -2.44. The van der Waals surface area contributed by atoms with Gasteiger partial charge in [-0.05, 0) is 75.5 Å². The van der Waals surface area contributed by atoms with Crippen LogP contribution >= 0.6 is 0 Å². The topological polar surface area (TPSA) is 37.3 Å². The van der Waals surface area contributed by atoms with Crippen LogP contribution in [-0.2, 0) is 6.54 Å². The van der Waals surface area contributed by atoms with E-state index in [1.807, 2.05) is 30.3 Å². The Morgan fingerprint density at radius 3 is 2.33 bits per heavy atom. The van der Waals surface area contributed by atoms with E-state index in [2.05, 4.69) is 59.8 Å². The Kier molecular flexibility index (Phi) is 7.93. The summed E-state index contributed by atoms with van der Waals surface area (Å²) in [4.78, 5) is 15.4. The van der Waals surface area contributed by atoms with E-state index >= 15 is 0 Å². The summed E-state index contributed by atoms with van der Waals surface area (Å²) < 4.78 is 2.59. The second-order valence-electron chi connectivity index (χ2n) is 11.5. The molecule has 0 spiro atoms. The summed E-state index contributed by atoms with van der Waals surface area (Å²) in [6.07, 6.45) is 7.98. The lowest BCUT2D eigenvalue weighted by Gasteiger charge is -2.42. The lowest BCUT2D eigenvalue weighted by molar-refractivity contribution is 0.0889. The van der Waals surface area contributed by atoms with E-state index in [-0.39, 0.29) is 5.78 Å². The molecule has 0 unspecified atom stereocenters. The third-order valence-electron chi connectivity index (χ3n) is 8.83. The molecule has 2 aliphatic rings. The first kappa shape index (κ1) is 25.2. The highest BCUT2D eigenvalue weighted by Gasteiger charge is 2.31. The summed E-state index contributed by atoms with van der Waals surface area (Å²) in [6.45, 7) is 10.4. The first-order valence-corrected chi connectivity index (χ1v) is 14.1. The zero-order chi connectivity index (χ0) is 25.1. The summed E-state index contributed by atoms with van der Waals surface area (Å²) >= 11 is 0. The van der Waals surface area contributed by atoms with Gasteiger partial charge in [-0.3, -0.25) is 4.79 Å². The quantitative estimate of drug-likeness (QED) is 0.358. The number of likely N-dealkylation sites (tertiary alicyclic amines) is 1. The smallest absolute Gasteiger partial charge is 0.176 e. The van der Waals surface area contributed by atoms with Crippen molar-refractivity contribution in [3.8, 4) is 0 Å². The van der Waals surface area contributed by atoms with E-state index in [9.17, 15) is 4.79 Å². The number of benzene rings is 2. The van der Waals surface area contributed by atoms with Crippen molar-refractivity contribution in [2.75, 3.05) is 19.6 Å². The Labute approximate surface area is 217 Å². The minimum absolute atomic E-state index is 0.148. The molecule has 1 aliphatic carbocycles. The molecular weight excluding hydrogens is 442 g/mol. The second-order valence-corrected chi connectivity index (χ2v) is 11.5. The number of hydrogen-bond donors (Lipinski definition) is 1. The number of piperidine rings is 1. The highest BCUT2D eigenvalue weighted by Crippen LogP contribution is 2.36. The molecule has 2 aromatic carbocycles. The Balaban J connectivity index is 1.25. The maximum atomic E-state index is 12.6. The van der Waals surface area contributed by atoms with Gasteiger partial charge in [0.15, 0.2) is 5.78 Å². The summed E-state index contributed by atoms with van der Waals surface area (Å²) in [6, 6.07) is 20.1. The van der Waals surface area contributed by atoms with E-state index in [0.717, 1.165) is 23.4 Å². The van der Waals surface area contributed by atoms with Crippen molar-refractivity contribution in [1.82, 2.24) is 14.8 Å². The zero-order valence-corrected chi connectivity index (χ0v) is 22.4. The van der Waals surface area contributed by atoms with Crippen LogP contribution in [0, 0.1) is 18.8 Å². The Bertz CT molecular complexity index is 1150. The molecule has 0 amide bonds. The maximum absolute atomic E-state index is 12.6. The molecule has 0 radical (unpaired) electrons. The first-order chi connectivity index (χ1) is 17.5. The molecule has 2 heterocycles. The Morgan fingerprint density at radius 2 is 1.64 bits per heavy atom. The zero-order valence-electron chi connectivity index (χ0n) is 22.4. The molecule has 1 saturated heterocycles. The van der Waals surface area contributed by atoms with Crippen LogP contribution in [0.4, 0.5) is 0 Å². The van der Waals surface area contributed by atoms with Gasteiger partial charge < -0.3 is 14.8 Å². The van der Waals surface area contributed by atoms with Crippen LogP contribution in [0.2, 0.25) is 0 Å². The monoisotopic (exact) mass is 485 g/mol. The molecule has 1 aromatic heterocycles. The molecular formula is C32H43N3O. The van der Waals surface area contributed by atoms with Gasteiger partial charge >= 0.3 is 0 Å². The van der Waals surface area contributed by atoms with Gasteiger partial charge in [-0.1, -0.05) is 55.8 Å². The SMILES string of the molecule is Cc1ccc2c(c1)cc(CNCC(=O)c1ccccc1)n2C1CCN(C2CCC(C(C)C)CC2)CC1. The predicted molar refractivity (Wildman–Crippen MR) is 150 cm³/mol. The number of aromatic nitrogens is 1. The number of carbonyl (C=O) groups is 1. The first-order valence-electron chi connectivity index (χ1n) is 14.1. The van der Waals surface area contributed by atoms with Gasteiger partial charge in [0.2, 0.25) is 0 Å². The van der Waals surface area contributed by atoms with Gasteiger partial charge in [-0.2, -0.15) is 0 Å². The number of fused-ring (bicyclic) bond motifs is 1. The van der Waals surface area contributed by atoms with Gasteiger partial charge in [0.1, 0.15) is 0 Å². The number of nitrogens with one attached hydrogen (secondary N) is 1. The predicted octanol–water partition coefficient (Wildman–Crippen LogP) is 6.77. The van der Waals surface area contributed by atoms with Crippen molar-refractivity contribution in [3.05, 3.63) is 71.4 Å². The minimum Gasteiger partial charge on any atom is -0.340 e. The van der Waals surface area contributed by atoms with Crippen molar-refractivity contribution in [2.45, 2.75) is 77.9 Å². The third-order valence-corrected chi connectivity index (χ3v) is 8.83. The Hall–Kier alpha value is -2.43. The number of carbonyl (C=O) groups excluding carboxylic acids is 1. The summed E-state index contributed by atoms with van der Waals surface area (Å²) in [7, 11) is 0. The molecule has 1 aliphatic heterocycles. The fourth-order valence-electron chi connectivity index (χ4n) is 6.65. The highest BCUT2D eigenvalue weighted by atomic mass is 16.1. The summed E-state index contributed by atoms with van der Waals surface area (Å²) in [5.74, 6) is 1.91. The number of ketones is 1. The van der Waals surface area contributed by atoms with Gasteiger partial charge in [0.05, 0.1) is 6.54 Å². The normalized spacial score (nSPS) is 21.9. The van der Waals surface area contributed by atoms with Crippen LogP contribution < -0.4 is 5.32 Å². The summed E-state index contributed by atoms with van der Waals surface area (Å²) in [5.41, 5.74) is 4.70. The molecule has 5 rings (SSSR count). The maximum Gasteiger partial charge on any atom is 0.176 e. The van der Waals surface area contributed by atoms with Crippen LogP contribution in [0.15, 0.2) is 54.6 Å². The lowest BCUT2D eigenvalue weighted by atomic mass is 9.79.